The third-order valence-corrected chi connectivity index (χ3v) is 3.46. The second-order valence-corrected chi connectivity index (χ2v) is 5.20. The maximum absolute atomic E-state index is 13.7. The van der Waals surface area contributed by atoms with Gasteiger partial charge in [-0.3, -0.25) is 4.68 Å². The van der Waals surface area contributed by atoms with Gasteiger partial charge in [0, 0.05) is 27.9 Å². The Balaban J connectivity index is 2.39. The van der Waals surface area contributed by atoms with Gasteiger partial charge in [0.2, 0.25) is 0 Å². The maximum Gasteiger partial charge on any atom is 0.128 e. The number of aryl methyl sites for hydroxylation is 1. The molecule has 0 saturated carbocycles. The summed E-state index contributed by atoms with van der Waals surface area (Å²) < 4.78 is 15.5. The van der Waals surface area contributed by atoms with Gasteiger partial charge in [-0.05, 0) is 39.0 Å². The summed E-state index contributed by atoms with van der Waals surface area (Å²) in [5.41, 5.74) is 9.32. The second-order valence-electron chi connectivity index (χ2n) is 4.77. The summed E-state index contributed by atoms with van der Waals surface area (Å²) >= 11 is 5.89. The second kappa shape index (κ2) is 5.31. The molecule has 0 spiro atoms. The lowest BCUT2D eigenvalue weighted by Gasteiger charge is -2.08. The van der Waals surface area contributed by atoms with E-state index in [9.17, 15) is 4.39 Å². The van der Waals surface area contributed by atoms with Gasteiger partial charge in [0.1, 0.15) is 5.82 Å². The molecule has 5 heteroatoms. The van der Waals surface area contributed by atoms with Crippen LogP contribution in [0.15, 0.2) is 18.2 Å². The maximum atomic E-state index is 13.7. The van der Waals surface area contributed by atoms with Crippen molar-refractivity contribution >= 4 is 11.6 Å². The highest BCUT2D eigenvalue weighted by Gasteiger charge is 2.15. The largest absolute Gasteiger partial charge is 0.324 e. The van der Waals surface area contributed by atoms with Crippen LogP contribution in [-0.4, -0.2) is 9.78 Å². The SMILES string of the molecule is Cc1nn(Cc2cc(Cl)ccc2F)c(C)c1C(C)N. The Hall–Kier alpha value is -1.39. The molecule has 0 bridgehead atoms. The molecule has 1 atom stereocenters. The van der Waals surface area contributed by atoms with Crippen LogP contribution in [0.4, 0.5) is 4.39 Å². The van der Waals surface area contributed by atoms with E-state index in [1.807, 2.05) is 20.8 Å². The van der Waals surface area contributed by atoms with Crippen molar-refractivity contribution in [3.8, 4) is 0 Å². The molecule has 0 amide bonds. The first-order chi connectivity index (χ1) is 8.90. The summed E-state index contributed by atoms with van der Waals surface area (Å²) in [6.45, 7) is 6.13. The standard InChI is InChI=1S/C14H17ClFN3/c1-8(17)14-9(2)18-19(10(14)3)7-11-6-12(15)4-5-13(11)16/h4-6,8H,7,17H2,1-3H3. The molecule has 2 N–H and O–H groups in total. The number of rotatable bonds is 3. The highest BCUT2D eigenvalue weighted by atomic mass is 35.5. The molecular formula is C14H17ClFN3. The predicted octanol–water partition coefficient (Wildman–Crippen LogP) is 3.36. The van der Waals surface area contributed by atoms with Crippen LogP contribution in [0.25, 0.3) is 0 Å². The zero-order valence-electron chi connectivity index (χ0n) is 11.2. The van der Waals surface area contributed by atoms with Gasteiger partial charge in [0.25, 0.3) is 0 Å². The summed E-state index contributed by atoms with van der Waals surface area (Å²) in [7, 11) is 0. The first-order valence-electron chi connectivity index (χ1n) is 6.13. The molecule has 0 aliphatic carbocycles. The topological polar surface area (TPSA) is 43.8 Å². The fourth-order valence-corrected chi connectivity index (χ4v) is 2.54. The summed E-state index contributed by atoms with van der Waals surface area (Å²) in [5.74, 6) is -0.278. The number of nitrogens with zero attached hydrogens (tertiary/aromatic N) is 2. The molecule has 0 aliphatic rings. The summed E-state index contributed by atoms with van der Waals surface area (Å²) in [4.78, 5) is 0. The van der Waals surface area contributed by atoms with Crippen LogP contribution >= 0.6 is 11.6 Å². The molecule has 1 aromatic heterocycles. The van der Waals surface area contributed by atoms with E-state index in [4.69, 9.17) is 17.3 Å². The quantitative estimate of drug-likeness (QED) is 0.937. The Labute approximate surface area is 117 Å². The number of benzene rings is 1. The van der Waals surface area contributed by atoms with Crippen molar-refractivity contribution in [3.63, 3.8) is 0 Å². The molecule has 0 radical (unpaired) electrons. The third kappa shape index (κ3) is 2.80. The number of hydrogen-bond acceptors (Lipinski definition) is 2. The van der Waals surface area contributed by atoms with Crippen molar-refractivity contribution < 1.29 is 4.39 Å². The minimum absolute atomic E-state index is 0.0852. The normalized spacial score (nSPS) is 12.7. The smallest absolute Gasteiger partial charge is 0.128 e. The van der Waals surface area contributed by atoms with E-state index in [-0.39, 0.29) is 11.9 Å². The van der Waals surface area contributed by atoms with Gasteiger partial charge in [0.05, 0.1) is 12.2 Å². The van der Waals surface area contributed by atoms with Gasteiger partial charge < -0.3 is 5.73 Å². The van der Waals surface area contributed by atoms with Gasteiger partial charge in [-0.1, -0.05) is 11.6 Å². The van der Waals surface area contributed by atoms with E-state index < -0.39 is 0 Å². The van der Waals surface area contributed by atoms with E-state index in [0.717, 1.165) is 17.0 Å². The Bertz CT molecular complexity index is 605. The minimum Gasteiger partial charge on any atom is -0.324 e. The van der Waals surface area contributed by atoms with Crippen LogP contribution in [0.5, 0.6) is 0 Å². The Morgan fingerprint density at radius 2 is 2.11 bits per heavy atom. The third-order valence-electron chi connectivity index (χ3n) is 3.22. The number of hydrogen-bond donors (Lipinski definition) is 1. The molecular weight excluding hydrogens is 265 g/mol. The lowest BCUT2D eigenvalue weighted by molar-refractivity contribution is 0.578. The lowest BCUT2D eigenvalue weighted by atomic mass is 10.1. The van der Waals surface area contributed by atoms with Crippen molar-refractivity contribution in [2.24, 2.45) is 5.73 Å². The lowest BCUT2D eigenvalue weighted by Crippen LogP contribution is -2.09. The zero-order chi connectivity index (χ0) is 14.2. The monoisotopic (exact) mass is 281 g/mol. The molecule has 0 fully saturated rings. The summed E-state index contributed by atoms with van der Waals surface area (Å²) in [5, 5.41) is 4.94. The van der Waals surface area contributed by atoms with Gasteiger partial charge >= 0.3 is 0 Å². The van der Waals surface area contributed by atoms with Gasteiger partial charge in [-0.25, -0.2) is 4.39 Å². The van der Waals surface area contributed by atoms with E-state index in [0.29, 0.717) is 17.1 Å². The molecule has 0 saturated heterocycles. The number of nitrogens with two attached hydrogens (primary N) is 1. The van der Waals surface area contributed by atoms with E-state index in [1.54, 1.807) is 10.7 Å². The molecule has 3 nitrogen and oxygen atoms in total. The van der Waals surface area contributed by atoms with Gasteiger partial charge in [0.15, 0.2) is 0 Å². The van der Waals surface area contributed by atoms with E-state index in [2.05, 4.69) is 5.10 Å². The van der Waals surface area contributed by atoms with Crippen LogP contribution in [0.1, 0.15) is 35.5 Å². The van der Waals surface area contributed by atoms with Crippen molar-refractivity contribution in [1.82, 2.24) is 9.78 Å². The van der Waals surface area contributed by atoms with Crippen LogP contribution < -0.4 is 5.73 Å². The summed E-state index contributed by atoms with van der Waals surface area (Å²) in [6, 6.07) is 4.45. The highest BCUT2D eigenvalue weighted by Crippen LogP contribution is 2.22. The van der Waals surface area contributed by atoms with Crippen LogP contribution in [0.2, 0.25) is 5.02 Å². The molecule has 1 heterocycles. The first-order valence-corrected chi connectivity index (χ1v) is 6.51. The fraction of sp³-hybridized carbons (Fsp3) is 0.357. The Morgan fingerprint density at radius 1 is 1.42 bits per heavy atom. The molecule has 1 aromatic carbocycles. The fourth-order valence-electron chi connectivity index (χ4n) is 2.35. The van der Waals surface area contributed by atoms with Crippen molar-refractivity contribution in [2.75, 3.05) is 0 Å². The molecule has 1 unspecified atom stereocenters. The summed E-state index contributed by atoms with van der Waals surface area (Å²) in [6.07, 6.45) is 0. The number of aromatic nitrogens is 2. The zero-order valence-corrected chi connectivity index (χ0v) is 12.0. The van der Waals surface area contributed by atoms with Crippen molar-refractivity contribution in [1.29, 1.82) is 0 Å². The average molecular weight is 282 g/mol. The first kappa shape index (κ1) is 14.0. The Morgan fingerprint density at radius 3 is 2.68 bits per heavy atom. The molecule has 0 aliphatic heterocycles. The van der Waals surface area contributed by atoms with Crippen molar-refractivity contribution in [2.45, 2.75) is 33.4 Å². The number of halogens is 2. The average Bonchev–Trinajstić information content (AvgIpc) is 2.59. The van der Waals surface area contributed by atoms with E-state index in [1.165, 1.54) is 12.1 Å². The van der Waals surface area contributed by atoms with E-state index >= 15 is 0 Å². The molecule has 2 rings (SSSR count). The van der Waals surface area contributed by atoms with Crippen LogP contribution in [0.3, 0.4) is 0 Å². The van der Waals surface area contributed by atoms with Crippen molar-refractivity contribution in [3.05, 3.63) is 51.6 Å². The molecule has 102 valence electrons. The molecule has 19 heavy (non-hydrogen) atoms. The predicted molar refractivity (Wildman–Crippen MR) is 74.8 cm³/mol. The van der Waals surface area contributed by atoms with Crippen LogP contribution in [-0.2, 0) is 6.54 Å². The highest BCUT2D eigenvalue weighted by molar-refractivity contribution is 6.30. The Kier molecular flexibility index (Phi) is 3.92. The van der Waals surface area contributed by atoms with Gasteiger partial charge in [-0.2, -0.15) is 5.10 Å². The minimum atomic E-state index is -0.278. The van der Waals surface area contributed by atoms with Crippen LogP contribution in [0, 0.1) is 19.7 Å². The van der Waals surface area contributed by atoms with Gasteiger partial charge in [-0.15, -0.1) is 0 Å². The molecule has 2 aromatic rings.